The second-order valence-corrected chi connectivity index (χ2v) is 5.97. The lowest BCUT2D eigenvalue weighted by atomic mass is 9.86. The van der Waals surface area contributed by atoms with Gasteiger partial charge < -0.3 is 10.2 Å². The first kappa shape index (κ1) is 10.9. The molecule has 0 radical (unpaired) electrons. The lowest BCUT2D eigenvalue weighted by Crippen LogP contribution is -2.47. The van der Waals surface area contributed by atoms with Crippen molar-refractivity contribution >= 4 is 5.91 Å². The maximum absolute atomic E-state index is 12.1. The molecule has 2 saturated heterocycles. The number of carbonyl (C=O) groups is 1. The smallest absolute Gasteiger partial charge is 0.227 e. The maximum Gasteiger partial charge on any atom is 0.227 e. The third kappa shape index (κ3) is 2.17. The SMILES string of the molecule is CC(C)(C)C(=O)N1CCC2CNCC2C1. The van der Waals surface area contributed by atoms with Crippen LogP contribution in [0.15, 0.2) is 0 Å². The zero-order valence-corrected chi connectivity index (χ0v) is 10.0. The van der Waals surface area contributed by atoms with Crippen molar-refractivity contribution in [2.24, 2.45) is 17.3 Å². The Hall–Kier alpha value is -0.570. The molecule has 0 spiro atoms. The maximum atomic E-state index is 12.1. The van der Waals surface area contributed by atoms with E-state index < -0.39 is 0 Å². The molecule has 2 aliphatic rings. The van der Waals surface area contributed by atoms with Crippen LogP contribution in [-0.4, -0.2) is 37.0 Å². The lowest BCUT2D eigenvalue weighted by molar-refractivity contribution is -0.141. The third-order valence-electron chi connectivity index (χ3n) is 3.63. The Balaban J connectivity index is 1.98. The molecule has 3 nitrogen and oxygen atoms in total. The normalized spacial score (nSPS) is 31.5. The molecule has 0 aliphatic carbocycles. The van der Waals surface area contributed by atoms with Crippen molar-refractivity contribution in [2.45, 2.75) is 27.2 Å². The van der Waals surface area contributed by atoms with Gasteiger partial charge in [0, 0.05) is 18.5 Å². The summed E-state index contributed by atoms with van der Waals surface area (Å²) in [5.41, 5.74) is -0.223. The molecule has 2 fully saturated rings. The first-order valence-corrected chi connectivity index (χ1v) is 5.98. The Morgan fingerprint density at radius 3 is 2.60 bits per heavy atom. The Morgan fingerprint density at radius 1 is 1.27 bits per heavy atom. The van der Waals surface area contributed by atoms with E-state index in [-0.39, 0.29) is 5.41 Å². The van der Waals surface area contributed by atoms with Gasteiger partial charge in [0.05, 0.1) is 0 Å². The summed E-state index contributed by atoms with van der Waals surface area (Å²) >= 11 is 0. The number of hydrogen-bond donors (Lipinski definition) is 1. The molecule has 0 aromatic carbocycles. The number of nitrogens with zero attached hydrogens (tertiary/aromatic N) is 1. The molecule has 1 amide bonds. The van der Waals surface area contributed by atoms with Crippen molar-refractivity contribution < 1.29 is 4.79 Å². The fourth-order valence-electron chi connectivity index (χ4n) is 2.69. The van der Waals surface area contributed by atoms with Gasteiger partial charge in [0.25, 0.3) is 0 Å². The Morgan fingerprint density at radius 2 is 1.93 bits per heavy atom. The number of rotatable bonds is 0. The van der Waals surface area contributed by atoms with Gasteiger partial charge in [0.2, 0.25) is 5.91 Å². The number of fused-ring (bicyclic) bond motifs is 1. The average molecular weight is 210 g/mol. The molecule has 2 rings (SSSR count). The Bertz CT molecular complexity index is 257. The van der Waals surface area contributed by atoms with Gasteiger partial charge in [0.1, 0.15) is 0 Å². The number of carbonyl (C=O) groups excluding carboxylic acids is 1. The van der Waals surface area contributed by atoms with E-state index in [0.717, 1.165) is 32.1 Å². The highest BCUT2D eigenvalue weighted by molar-refractivity contribution is 5.81. The zero-order valence-electron chi connectivity index (χ0n) is 10.0. The van der Waals surface area contributed by atoms with Crippen LogP contribution in [-0.2, 0) is 4.79 Å². The number of nitrogens with one attached hydrogen (secondary N) is 1. The quantitative estimate of drug-likeness (QED) is 0.649. The van der Waals surface area contributed by atoms with Crippen molar-refractivity contribution in [1.29, 1.82) is 0 Å². The molecule has 0 aromatic rings. The Labute approximate surface area is 92.2 Å². The first-order valence-electron chi connectivity index (χ1n) is 5.98. The summed E-state index contributed by atoms with van der Waals surface area (Å²) in [4.78, 5) is 14.2. The number of likely N-dealkylation sites (tertiary alicyclic amines) is 1. The summed E-state index contributed by atoms with van der Waals surface area (Å²) in [6, 6.07) is 0. The van der Waals surface area contributed by atoms with Gasteiger partial charge in [-0.2, -0.15) is 0 Å². The number of amides is 1. The van der Waals surface area contributed by atoms with E-state index in [2.05, 4.69) is 10.2 Å². The number of hydrogen-bond acceptors (Lipinski definition) is 2. The van der Waals surface area contributed by atoms with Crippen LogP contribution >= 0.6 is 0 Å². The summed E-state index contributed by atoms with van der Waals surface area (Å²) in [5.74, 6) is 1.83. The monoisotopic (exact) mass is 210 g/mol. The van der Waals surface area contributed by atoms with Crippen LogP contribution in [0.3, 0.4) is 0 Å². The minimum Gasteiger partial charge on any atom is -0.342 e. The molecule has 0 saturated carbocycles. The highest BCUT2D eigenvalue weighted by atomic mass is 16.2. The van der Waals surface area contributed by atoms with Crippen molar-refractivity contribution in [3.05, 3.63) is 0 Å². The van der Waals surface area contributed by atoms with Crippen LogP contribution < -0.4 is 5.32 Å². The molecule has 1 N–H and O–H groups in total. The van der Waals surface area contributed by atoms with Crippen LogP contribution in [0.1, 0.15) is 27.2 Å². The van der Waals surface area contributed by atoms with Crippen molar-refractivity contribution in [2.75, 3.05) is 26.2 Å². The Kier molecular flexibility index (Phi) is 2.75. The van der Waals surface area contributed by atoms with E-state index in [4.69, 9.17) is 0 Å². The highest BCUT2D eigenvalue weighted by Crippen LogP contribution is 2.29. The van der Waals surface area contributed by atoms with E-state index in [1.807, 2.05) is 20.8 Å². The van der Waals surface area contributed by atoms with Crippen molar-refractivity contribution in [1.82, 2.24) is 10.2 Å². The molecule has 2 atom stereocenters. The predicted molar refractivity (Wildman–Crippen MR) is 60.5 cm³/mol. The molecule has 2 heterocycles. The highest BCUT2D eigenvalue weighted by Gasteiger charge is 2.37. The van der Waals surface area contributed by atoms with E-state index in [9.17, 15) is 4.79 Å². The van der Waals surface area contributed by atoms with Crippen LogP contribution in [0, 0.1) is 17.3 Å². The van der Waals surface area contributed by atoms with Crippen LogP contribution in [0.4, 0.5) is 0 Å². The largest absolute Gasteiger partial charge is 0.342 e. The number of piperidine rings is 1. The fraction of sp³-hybridized carbons (Fsp3) is 0.917. The molecule has 86 valence electrons. The summed E-state index contributed by atoms with van der Waals surface area (Å²) < 4.78 is 0. The third-order valence-corrected chi connectivity index (χ3v) is 3.63. The van der Waals surface area contributed by atoms with E-state index in [1.165, 1.54) is 6.42 Å². The van der Waals surface area contributed by atoms with E-state index >= 15 is 0 Å². The molecule has 3 heteroatoms. The summed E-state index contributed by atoms with van der Waals surface area (Å²) in [6.45, 7) is 10.2. The van der Waals surface area contributed by atoms with Gasteiger partial charge >= 0.3 is 0 Å². The molecule has 0 aromatic heterocycles. The zero-order chi connectivity index (χ0) is 11.1. The van der Waals surface area contributed by atoms with Gasteiger partial charge in [-0.1, -0.05) is 20.8 Å². The van der Waals surface area contributed by atoms with E-state index in [0.29, 0.717) is 11.8 Å². The van der Waals surface area contributed by atoms with Crippen molar-refractivity contribution in [3.8, 4) is 0 Å². The van der Waals surface area contributed by atoms with Crippen LogP contribution in [0.5, 0.6) is 0 Å². The first-order chi connectivity index (χ1) is 6.98. The minimum absolute atomic E-state index is 0.223. The van der Waals surface area contributed by atoms with Crippen LogP contribution in [0.2, 0.25) is 0 Å². The molecule has 15 heavy (non-hydrogen) atoms. The van der Waals surface area contributed by atoms with Crippen molar-refractivity contribution in [3.63, 3.8) is 0 Å². The summed E-state index contributed by atoms with van der Waals surface area (Å²) in [7, 11) is 0. The van der Waals surface area contributed by atoms with Gasteiger partial charge in [-0.3, -0.25) is 4.79 Å². The average Bonchev–Trinajstić information content (AvgIpc) is 2.61. The summed E-state index contributed by atoms with van der Waals surface area (Å²) in [6.07, 6.45) is 1.18. The van der Waals surface area contributed by atoms with Gasteiger partial charge in [-0.15, -0.1) is 0 Å². The minimum atomic E-state index is -0.223. The standard InChI is InChI=1S/C12H22N2O/c1-12(2,3)11(15)14-5-4-9-6-13-7-10(9)8-14/h9-10,13H,4-8H2,1-3H3. The molecular formula is C12H22N2O. The molecular weight excluding hydrogens is 188 g/mol. The van der Waals surface area contributed by atoms with Gasteiger partial charge in [-0.05, 0) is 31.3 Å². The van der Waals surface area contributed by atoms with E-state index in [1.54, 1.807) is 0 Å². The lowest BCUT2D eigenvalue weighted by Gasteiger charge is -2.37. The molecule has 2 aliphatic heterocycles. The predicted octanol–water partition coefficient (Wildman–Crippen LogP) is 1.10. The second kappa shape index (κ2) is 3.78. The fourth-order valence-corrected chi connectivity index (χ4v) is 2.69. The molecule has 2 unspecified atom stereocenters. The second-order valence-electron chi connectivity index (χ2n) is 5.97. The van der Waals surface area contributed by atoms with Gasteiger partial charge in [0.15, 0.2) is 0 Å². The topological polar surface area (TPSA) is 32.3 Å². The molecule has 0 bridgehead atoms. The summed E-state index contributed by atoms with van der Waals surface area (Å²) in [5, 5.41) is 3.42. The van der Waals surface area contributed by atoms with Crippen LogP contribution in [0.25, 0.3) is 0 Å². The van der Waals surface area contributed by atoms with Gasteiger partial charge in [-0.25, -0.2) is 0 Å².